The van der Waals surface area contributed by atoms with E-state index in [-0.39, 0.29) is 6.61 Å². The van der Waals surface area contributed by atoms with Crippen LogP contribution in [0.3, 0.4) is 0 Å². The third-order valence-electron chi connectivity index (χ3n) is 11.1. The second-order valence-electron chi connectivity index (χ2n) is 14.5. The molecule has 60 heavy (non-hydrogen) atoms. The minimum absolute atomic E-state index is 0.163. The highest BCUT2D eigenvalue weighted by Gasteiger charge is 2.45. The van der Waals surface area contributed by atoms with Crippen LogP contribution in [0.5, 0.6) is 11.5 Å². The Labute approximate surface area is 351 Å². The Bertz CT molecular complexity index is 2510. The fourth-order valence-electron chi connectivity index (χ4n) is 8.49. The molecule has 9 heteroatoms. The van der Waals surface area contributed by atoms with Crippen molar-refractivity contribution in [1.29, 1.82) is 0 Å². The molecule has 0 aliphatic heterocycles. The Morgan fingerprint density at radius 3 is 1.85 bits per heavy atom. The van der Waals surface area contributed by atoms with Gasteiger partial charge in [-0.15, -0.1) is 0 Å². The van der Waals surface area contributed by atoms with Crippen LogP contribution in [-0.2, 0) is 22.5 Å². The molecule has 0 fully saturated rings. The summed E-state index contributed by atoms with van der Waals surface area (Å²) in [5.74, 6) is 1.41. The lowest BCUT2D eigenvalue weighted by Gasteiger charge is -2.47. The number of rotatable bonds is 18. The number of benzene rings is 6. The largest absolute Gasteiger partial charge is 0.496 e. The summed E-state index contributed by atoms with van der Waals surface area (Å²) < 4.78 is 21.5. The Hall–Kier alpha value is -6.81. The number of fused-ring (bicyclic) bond motifs is 1. The Balaban J connectivity index is 1.23. The number of para-hydroxylation sites is 1. The van der Waals surface area contributed by atoms with Crippen LogP contribution in [0.4, 0.5) is 0 Å². The van der Waals surface area contributed by atoms with Crippen molar-refractivity contribution in [3.05, 3.63) is 222 Å². The Kier molecular flexibility index (Phi) is 12.3. The molecule has 0 saturated heterocycles. The number of imidazole rings is 1. The standard InChI is InChI=1S/C51H49N5O4/c1-3-59-47-31-30-44(34-39(47)36-57)51(42-24-12-6-13-25-42,43-26-14-7-15-27-43)60-33-19-18-32-56(55-38-54-46-35-52-37-53-49(46)55)50(40-20-8-4-9-21-40,41-22-10-5-11-23-41)45-28-16-17-29-48(45)58-2/h4-17,20-31,34-35,37-38,57H,3,18-19,32-33,36H2,1-2H3. The first kappa shape index (κ1) is 40.0. The number of aromatic nitrogens is 4. The average molecular weight is 796 g/mol. The van der Waals surface area contributed by atoms with Gasteiger partial charge in [0.15, 0.2) is 5.65 Å². The van der Waals surface area contributed by atoms with Crippen molar-refractivity contribution in [1.82, 2.24) is 19.6 Å². The number of methoxy groups -OCH3 is 1. The molecular formula is C51H49N5O4. The lowest BCUT2D eigenvalue weighted by atomic mass is 9.75. The van der Waals surface area contributed by atoms with Gasteiger partial charge in [-0.25, -0.2) is 19.6 Å². The molecule has 0 bridgehead atoms. The molecule has 0 aliphatic rings. The van der Waals surface area contributed by atoms with Crippen molar-refractivity contribution in [3.8, 4) is 11.5 Å². The van der Waals surface area contributed by atoms with E-state index in [1.54, 1.807) is 19.6 Å². The molecular weight excluding hydrogens is 747 g/mol. The van der Waals surface area contributed by atoms with Crippen molar-refractivity contribution < 1.29 is 19.3 Å². The van der Waals surface area contributed by atoms with Crippen molar-refractivity contribution in [3.63, 3.8) is 0 Å². The van der Waals surface area contributed by atoms with E-state index in [0.29, 0.717) is 48.7 Å². The predicted octanol–water partition coefficient (Wildman–Crippen LogP) is 9.44. The third kappa shape index (κ3) is 7.49. The van der Waals surface area contributed by atoms with E-state index in [4.69, 9.17) is 24.2 Å². The summed E-state index contributed by atoms with van der Waals surface area (Å²) in [5, 5.41) is 12.9. The molecule has 6 aromatic carbocycles. The first-order valence-corrected chi connectivity index (χ1v) is 20.4. The van der Waals surface area contributed by atoms with Crippen LogP contribution >= 0.6 is 0 Å². The number of unbranched alkanes of at least 4 members (excludes halogenated alkanes) is 1. The lowest BCUT2D eigenvalue weighted by Crippen LogP contribution is -2.54. The van der Waals surface area contributed by atoms with Crippen LogP contribution in [0.25, 0.3) is 11.2 Å². The first-order valence-electron chi connectivity index (χ1n) is 20.4. The van der Waals surface area contributed by atoms with Crippen LogP contribution in [0.15, 0.2) is 183 Å². The highest BCUT2D eigenvalue weighted by atomic mass is 16.5. The summed E-state index contributed by atoms with van der Waals surface area (Å²) in [7, 11) is 1.72. The van der Waals surface area contributed by atoms with E-state index >= 15 is 0 Å². The summed E-state index contributed by atoms with van der Waals surface area (Å²) in [5.41, 5.74) is 6.14. The number of aliphatic hydroxyl groups excluding tert-OH is 1. The third-order valence-corrected chi connectivity index (χ3v) is 11.1. The normalized spacial score (nSPS) is 11.7. The molecule has 0 amide bonds. The first-order chi connectivity index (χ1) is 29.6. The number of aliphatic hydroxyl groups is 1. The van der Waals surface area contributed by atoms with E-state index in [1.807, 2.05) is 86.0 Å². The van der Waals surface area contributed by atoms with E-state index < -0.39 is 11.1 Å². The van der Waals surface area contributed by atoms with Crippen LogP contribution < -0.4 is 14.5 Å². The van der Waals surface area contributed by atoms with Crippen molar-refractivity contribution in [2.75, 3.05) is 31.9 Å². The van der Waals surface area contributed by atoms with Gasteiger partial charge < -0.3 is 19.3 Å². The summed E-state index contributed by atoms with van der Waals surface area (Å²) >= 11 is 0. The average Bonchev–Trinajstić information content (AvgIpc) is 3.75. The second kappa shape index (κ2) is 18.4. The van der Waals surface area contributed by atoms with Gasteiger partial charge in [0.05, 0.1) is 26.5 Å². The van der Waals surface area contributed by atoms with E-state index in [2.05, 4.69) is 106 Å². The van der Waals surface area contributed by atoms with E-state index in [9.17, 15) is 5.11 Å². The minimum atomic E-state index is -0.983. The second-order valence-corrected chi connectivity index (χ2v) is 14.5. The van der Waals surface area contributed by atoms with Crippen molar-refractivity contribution >= 4 is 11.2 Å². The molecule has 302 valence electrons. The smallest absolute Gasteiger partial charge is 0.182 e. The summed E-state index contributed by atoms with van der Waals surface area (Å²) in [4.78, 5) is 13.9. The zero-order valence-corrected chi connectivity index (χ0v) is 34.0. The van der Waals surface area contributed by atoms with Gasteiger partial charge in [0, 0.05) is 24.3 Å². The predicted molar refractivity (Wildman–Crippen MR) is 236 cm³/mol. The molecule has 2 aromatic heterocycles. The van der Waals surface area contributed by atoms with Crippen LogP contribution in [0.2, 0.25) is 0 Å². The summed E-state index contributed by atoms with van der Waals surface area (Å²) in [6, 6.07) is 56.0. The molecule has 8 aromatic rings. The lowest BCUT2D eigenvalue weighted by molar-refractivity contribution is 0.0107. The molecule has 0 aliphatic carbocycles. The summed E-state index contributed by atoms with van der Waals surface area (Å²) in [6.07, 6.45) is 6.59. The quantitative estimate of drug-likeness (QED) is 0.0679. The van der Waals surface area contributed by atoms with Crippen LogP contribution in [-0.4, -0.2) is 51.6 Å². The maximum Gasteiger partial charge on any atom is 0.182 e. The fourth-order valence-corrected chi connectivity index (χ4v) is 8.49. The highest BCUT2D eigenvalue weighted by molar-refractivity contribution is 5.70. The molecule has 0 radical (unpaired) electrons. The van der Waals surface area contributed by atoms with Crippen LogP contribution in [0.1, 0.15) is 58.7 Å². The molecule has 1 N–H and O–H groups in total. The number of ether oxygens (including phenoxy) is 3. The maximum atomic E-state index is 10.5. The molecule has 0 unspecified atom stereocenters. The summed E-state index contributed by atoms with van der Waals surface area (Å²) in [6.45, 7) is 3.27. The van der Waals surface area contributed by atoms with E-state index in [1.165, 1.54) is 0 Å². The Morgan fingerprint density at radius 1 is 0.650 bits per heavy atom. The number of hydrogen-bond donors (Lipinski definition) is 1. The van der Waals surface area contributed by atoms with Crippen molar-refractivity contribution in [2.24, 2.45) is 0 Å². The fraction of sp³-hybridized carbons (Fsp3) is 0.196. The zero-order chi connectivity index (χ0) is 41.2. The van der Waals surface area contributed by atoms with Gasteiger partial charge in [0.2, 0.25) is 0 Å². The van der Waals surface area contributed by atoms with Gasteiger partial charge in [0.25, 0.3) is 0 Å². The van der Waals surface area contributed by atoms with E-state index in [0.717, 1.165) is 45.6 Å². The molecule has 9 nitrogen and oxygen atoms in total. The SMILES string of the molecule is CCOc1ccc(C(OCCCCN(n2cnc3cncnc32)C(c2ccccc2)(c2ccccc2)c2ccccc2OC)(c2ccccc2)c2ccccc2)cc1CO. The van der Waals surface area contributed by atoms with Crippen LogP contribution in [0, 0.1) is 0 Å². The van der Waals surface area contributed by atoms with Gasteiger partial charge in [0.1, 0.15) is 40.8 Å². The number of nitrogens with zero attached hydrogens (tertiary/aromatic N) is 5. The molecule has 2 heterocycles. The minimum Gasteiger partial charge on any atom is -0.496 e. The van der Waals surface area contributed by atoms with Gasteiger partial charge in [-0.1, -0.05) is 146 Å². The maximum absolute atomic E-state index is 10.5. The topological polar surface area (TPSA) is 94.8 Å². The van der Waals surface area contributed by atoms with Gasteiger partial charge in [-0.3, -0.25) is 5.01 Å². The van der Waals surface area contributed by atoms with Gasteiger partial charge >= 0.3 is 0 Å². The highest BCUT2D eigenvalue weighted by Crippen LogP contribution is 2.46. The molecule has 0 spiro atoms. The molecule has 0 saturated carbocycles. The molecule has 8 rings (SSSR count). The van der Waals surface area contributed by atoms with Gasteiger partial charge in [-0.2, -0.15) is 0 Å². The Morgan fingerprint density at radius 2 is 1.25 bits per heavy atom. The van der Waals surface area contributed by atoms with Gasteiger partial charge in [-0.05, 0) is 65.8 Å². The number of hydrogen-bond acceptors (Lipinski definition) is 8. The zero-order valence-electron chi connectivity index (χ0n) is 34.0. The van der Waals surface area contributed by atoms with Crippen molar-refractivity contribution in [2.45, 2.75) is 37.5 Å². The molecule has 0 atom stereocenters. The monoisotopic (exact) mass is 795 g/mol.